The predicted octanol–water partition coefficient (Wildman–Crippen LogP) is 3.40. The molecule has 0 saturated heterocycles. The highest BCUT2D eigenvalue weighted by Gasteiger charge is 2.14. The Morgan fingerprint density at radius 2 is 1.87 bits per heavy atom. The van der Waals surface area contributed by atoms with Crippen molar-refractivity contribution in [3.63, 3.8) is 0 Å². The number of imidazole rings is 1. The van der Waals surface area contributed by atoms with E-state index in [4.69, 9.17) is 9.47 Å². The maximum Gasteiger partial charge on any atom is 0.231 e. The molecule has 2 aromatic heterocycles. The molecule has 3 heterocycles. The Morgan fingerprint density at radius 3 is 2.71 bits per heavy atom. The summed E-state index contributed by atoms with van der Waals surface area (Å²) in [5, 5.41) is 9.25. The van der Waals surface area contributed by atoms with Gasteiger partial charge in [0, 0.05) is 24.8 Å². The number of H-pyrrole nitrogens is 1. The van der Waals surface area contributed by atoms with Crippen molar-refractivity contribution in [3.8, 4) is 11.5 Å². The first kappa shape index (κ1) is 18.7. The fourth-order valence-corrected chi connectivity index (χ4v) is 3.21. The lowest BCUT2D eigenvalue weighted by molar-refractivity contribution is -0.114. The lowest BCUT2D eigenvalue weighted by Crippen LogP contribution is -2.07. The van der Waals surface area contributed by atoms with Gasteiger partial charge in [-0.05, 0) is 42.0 Å². The standard InChI is InChI=1S/C21H19N7O3/c1-12(29)25-14-3-5-15(6-4-14)26-20-18-19(24-10-23-18)27-21(28-20)22-9-13-2-7-16-17(8-13)31-11-30-16/h2-8,10H,9,11H2,1H3,(H,25,29)(H3,22,23,24,26,27,28). The highest BCUT2D eigenvalue weighted by Crippen LogP contribution is 2.32. The largest absolute Gasteiger partial charge is 0.454 e. The Morgan fingerprint density at radius 1 is 1.06 bits per heavy atom. The quantitative estimate of drug-likeness (QED) is 0.376. The van der Waals surface area contributed by atoms with Gasteiger partial charge in [0.1, 0.15) is 5.52 Å². The van der Waals surface area contributed by atoms with Crippen molar-refractivity contribution in [2.75, 3.05) is 22.7 Å². The molecule has 0 spiro atoms. The van der Waals surface area contributed by atoms with Crippen LogP contribution in [0.5, 0.6) is 11.5 Å². The maximum atomic E-state index is 11.2. The molecule has 0 saturated carbocycles. The summed E-state index contributed by atoms with van der Waals surface area (Å²) < 4.78 is 10.8. The number of carbonyl (C=O) groups excluding carboxylic acids is 1. The molecule has 0 radical (unpaired) electrons. The zero-order chi connectivity index (χ0) is 21.2. The zero-order valence-electron chi connectivity index (χ0n) is 16.6. The zero-order valence-corrected chi connectivity index (χ0v) is 16.6. The summed E-state index contributed by atoms with van der Waals surface area (Å²) in [6.07, 6.45) is 1.58. The molecule has 31 heavy (non-hydrogen) atoms. The van der Waals surface area contributed by atoms with Crippen LogP contribution in [0.15, 0.2) is 48.8 Å². The van der Waals surface area contributed by atoms with Gasteiger partial charge in [-0.2, -0.15) is 9.97 Å². The SMILES string of the molecule is CC(=O)Nc1ccc(Nc2nc(NCc3ccc4c(c3)OCO4)nc3nc[nH]c23)cc1. The lowest BCUT2D eigenvalue weighted by atomic mass is 10.2. The molecule has 0 bridgehead atoms. The smallest absolute Gasteiger partial charge is 0.231 e. The van der Waals surface area contributed by atoms with Crippen LogP contribution in [-0.2, 0) is 11.3 Å². The summed E-state index contributed by atoms with van der Waals surface area (Å²) in [5.74, 6) is 2.38. The van der Waals surface area contributed by atoms with Gasteiger partial charge in [0.2, 0.25) is 18.6 Å². The van der Waals surface area contributed by atoms with Crippen molar-refractivity contribution < 1.29 is 14.3 Å². The van der Waals surface area contributed by atoms with Gasteiger partial charge < -0.3 is 30.4 Å². The summed E-state index contributed by atoms with van der Waals surface area (Å²) in [4.78, 5) is 27.6. The minimum Gasteiger partial charge on any atom is -0.454 e. The minimum atomic E-state index is -0.117. The van der Waals surface area contributed by atoms with Crippen molar-refractivity contribution in [2.24, 2.45) is 0 Å². The molecule has 1 amide bonds. The van der Waals surface area contributed by atoms with Crippen LogP contribution >= 0.6 is 0 Å². The van der Waals surface area contributed by atoms with E-state index in [0.29, 0.717) is 29.5 Å². The van der Waals surface area contributed by atoms with Crippen LogP contribution in [0, 0.1) is 0 Å². The summed E-state index contributed by atoms with van der Waals surface area (Å²) >= 11 is 0. The Kier molecular flexibility index (Phi) is 4.71. The van der Waals surface area contributed by atoms with Gasteiger partial charge in [0.15, 0.2) is 23.0 Å². The first-order chi connectivity index (χ1) is 15.1. The van der Waals surface area contributed by atoms with Crippen molar-refractivity contribution in [3.05, 3.63) is 54.4 Å². The third-order valence-corrected chi connectivity index (χ3v) is 4.64. The fourth-order valence-electron chi connectivity index (χ4n) is 3.21. The van der Waals surface area contributed by atoms with Crippen LogP contribution in [0.3, 0.4) is 0 Å². The Hall–Kier alpha value is -4.34. The van der Waals surface area contributed by atoms with E-state index in [1.807, 2.05) is 42.5 Å². The number of aromatic amines is 1. The normalized spacial score (nSPS) is 12.0. The fraction of sp³-hybridized carbons (Fsp3) is 0.143. The van der Waals surface area contributed by atoms with Gasteiger partial charge in [-0.1, -0.05) is 6.07 Å². The van der Waals surface area contributed by atoms with E-state index in [-0.39, 0.29) is 12.7 Å². The first-order valence-electron chi connectivity index (χ1n) is 9.62. The van der Waals surface area contributed by atoms with Crippen LogP contribution in [-0.4, -0.2) is 32.6 Å². The molecule has 2 aromatic carbocycles. The van der Waals surface area contributed by atoms with Crippen LogP contribution in [0.4, 0.5) is 23.1 Å². The van der Waals surface area contributed by atoms with E-state index in [2.05, 4.69) is 35.9 Å². The molecule has 1 aliphatic heterocycles. The number of nitrogens with one attached hydrogen (secondary N) is 4. The molecular formula is C21H19N7O3. The van der Waals surface area contributed by atoms with E-state index in [1.165, 1.54) is 6.92 Å². The molecular weight excluding hydrogens is 398 g/mol. The summed E-state index contributed by atoms with van der Waals surface area (Å²) in [5.41, 5.74) is 3.78. The molecule has 0 unspecified atom stereocenters. The van der Waals surface area contributed by atoms with E-state index < -0.39 is 0 Å². The second-order valence-corrected chi connectivity index (χ2v) is 6.92. The number of nitrogens with zero attached hydrogens (tertiary/aromatic N) is 3. The van der Waals surface area contributed by atoms with Gasteiger partial charge in [-0.15, -0.1) is 0 Å². The molecule has 10 heteroatoms. The number of benzene rings is 2. The van der Waals surface area contributed by atoms with E-state index in [1.54, 1.807) is 6.33 Å². The van der Waals surface area contributed by atoms with Crippen molar-refractivity contribution in [2.45, 2.75) is 13.5 Å². The van der Waals surface area contributed by atoms with E-state index >= 15 is 0 Å². The third-order valence-electron chi connectivity index (χ3n) is 4.64. The Bertz CT molecular complexity index is 1250. The Labute approximate surface area is 177 Å². The molecule has 0 fully saturated rings. The Balaban J connectivity index is 1.35. The highest BCUT2D eigenvalue weighted by molar-refractivity contribution is 5.89. The summed E-state index contributed by atoms with van der Waals surface area (Å²) in [6.45, 7) is 2.23. The second kappa shape index (κ2) is 7.82. The lowest BCUT2D eigenvalue weighted by Gasteiger charge is -2.11. The number of aromatic nitrogens is 4. The number of hydrogen-bond acceptors (Lipinski definition) is 8. The van der Waals surface area contributed by atoms with Gasteiger partial charge in [0.25, 0.3) is 0 Å². The number of hydrogen-bond donors (Lipinski definition) is 4. The number of amides is 1. The highest BCUT2D eigenvalue weighted by atomic mass is 16.7. The van der Waals surface area contributed by atoms with E-state index in [0.717, 1.165) is 28.4 Å². The molecule has 0 atom stereocenters. The van der Waals surface area contributed by atoms with Crippen molar-refractivity contribution in [1.82, 2.24) is 19.9 Å². The molecule has 1 aliphatic rings. The number of rotatable bonds is 6. The molecule has 5 rings (SSSR count). The molecule has 4 N–H and O–H groups in total. The maximum absolute atomic E-state index is 11.2. The van der Waals surface area contributed by atoms with Crippen molar-refractivity contribution >= 4 is 40.2 Å². The summed E-state index contributed by atoms with van der Waals surface area (Å²) in [6, 6.07) is 13.1. The van der Waals surface area contributed by atoms with Gasteiger partial charge >= 0.3 is 0 Å². The number of fused-ring (bicyclic) bond motifs is 2. The predicted molar refractivity (Wildman–Crippen MR) is 116 cm³/mol. The number of ether oxygens (including phenoxy) is 2. The van der Waals surface area contributed by atoms with Gasteiger partial charge in [-0.25, -0.2) is 4.98 Å². The average molecular weight is 417 g/mol. The van der Waals surface area contributed by atoms with E-state index in [9.17, 15) is 4.79 Å². The molecule has 156 valence electrons. The van der Waals surface area contributed by atoms with Gasteiger partial charge in [-0.3, -0.25) is 4.79 Å². The van der Waals surface area contributed by atoms with Crippen LogP contribution in [0.25, 0.3) is 11.2 Å². The van der Waals surface area contributed by atoms with Crippen LogP contribution < -0.4 is 25.4 Å². The third kappa shape index (κ3) is 4.04. The van der Waals surface area contributed by atoms with Gasteiger partial charge in [0.05, 0.1) is 6.33 Å². The average Bonchev–Trinajstić information content (AvgIpc) is 3.42. The topological polar surface area (TPSA) is 126 Å². The van der Waals surface area contributed by atoms with Crippen molar-refractivity contribution in [1.29, 1.82) is 0 Å². The molecule has 0 aliphatic carbocycles. The second-order valence-electron chi connectivity index (χ2n) is 6.92. The molecule has 4 aromatic rings. The number of carbonyl (C=O) groups is 1. The number of anilines is 4. The minimum absolute atomic E-state index is 0.117. The summed E-state index contributed by atoms with van der Waals surface area (Å²) in [7, 11) is 0. The monoisotopic (exact) mass is 417 g/mol. The van der Waals surface area contributed by atoms with Crippen LogP contribution in [0.2, 0.25) is 0 Å². The first-order valence-corrected chi connectivity index (χ1v) is 9.62. The molecule has 10 nitrogen and oxygen atoms in total. The van der Waals surface area contributed by atoms with Crippen LogP contribution in [0.1, 0.15) is 12.5 Å².